The molecule has 1 atom stereocenters. The number of nitrogens with one attached hydrogen (secondary N) is 1. The molecule has 148 valence electrons. The van der Waals surface area contributed by atoms with Crippen LogP contribution in [0.15, 0.2) is 65.2 Å². The SMILES string of the molecule is C=CCSC1=NN2C(=c3ccccc3=N[C@H]2c2ccc(OCC)c(C)c2)C(=O)N1. The van der Waals surface area contributed by atoms with E-state index >= 15 is 0 Å². The number of hydrogen-bond donors (Lipinski definition) is 1. The average Bonchev–Trinajstić information content (AvgIpc) is 2.73. The van der Waals surface area contributed by atoms with Gasteiger partial charge in [-0.1, -0.05) is 42.1 Å². The Balaban J connectivity index is 1.86. The Morgan fingerprint density at radius 1 is 1.31 bits per heavy atom. The van der Waals surface area contributed by atoms with E-state index in [1.807, 2.05) is 56.3 Å². The molecule has 2 aromatic rings. The van der Waals surface area contributed by atoms with Crippen molar-refractivity contribution in [2.45, 2.75) is 20.0 Å². The fourth-order valence-corrected chi connectivity index (χ4v) is 3.98. The number of amidine groups is 1. The summed E-state index contributed by atoms with van der Waals surface area (Å²) >= 11 is 1.43. The molecule has 0 unspecified atom stereocenters. The number of fused-ring (bicyclic) bond motifs is 2. The molecule has 0 saturated carbocycles. The van der Waals surface area contributed by atoms with Gasteiger partial charge in [-0.25, -0.2) is 5.01 Å². The number of rotatable bonds is 5. The first-order valence-corrected chi connectivity index (χ1v) is 10.4. The molecule has 2 aliphatic heterocycles. The van der Waals surface area contributed by atoms with Gasteiger partial charge in [0.25, 0.3) is 5.91 Å². The Bertz CT molecular complexity index is 1130. The lowest BCUT2D eigenvalue weighted by Crippen LogP contribution is -2.50. The van der Waals surface area contributed by atoms with Crippen LogP contribution in [0.5, 0.6) is 5.75 Å². The molecule has 1 N–H and O–H groups in total. The Labute approximate surface area is 173 Å². The molecule has 0 aromatic heterocycles. The van der Waals surface area contributed by atoms with Gasteiger partial charge in [0.1, 0.15) is 11.4 Å². The number of amides is 1. The summed E-state index contributed by atoms with van der Waals surface area (Å²) in [7, 11) is 0. The van der Waals surface area contributed by atoms with Crippen molar-refractivity contribution in [1.29, 1.82) is 0 Å². The highest BCUT2D eigenvalue weighted by atomic mass is 32.2. The van der Waals surface area contributed by atoms with E-state index in [1.54, 1.807) is 11.1 Å². The molecule has 1 amide bonds. The summed E-state index contributed by atoms with van der Waals surface area (Å²) in [5.74, 6) is 1.32. The highest BCUT2D eigenvalue weighted by Crippen LogP contribution is 2.32. The van der Waals surface area contributed by atoms with Crippen LogP contribution in [0.3, 0.4) is 0 Å². The van der Waals surface area contributed by atoms with Crippen LogP contribution in [0.1, 0.15) is 24.2 Å². The number of carbonyl (C=O) groups excluding carboxylic acids is 1. The summed E-state index contributed by atoms with van der Waals surface area (Å²) in [6.45, 7) is 8.32. The lowest BCUT2D eigenvalue weighted by Gasteiger charge is -2.34. The molecule has 0 bridgehead atoms. The van der Waals surface area contributed by atoms with E-state index in [4.69, 9.17) is 14.8 Å². The van der Waals surface area contributed by atoms with E-state index in [1.165, 1.54) is 11.8 Å². The third-order valence-corrected chi connectivity index (χ3v) is 5.51. The number of hydrogen-bond acceptors (Lipinski definition) is 6. The number of nitrogens with zero attached hydrogens (tertiary/aromatic N) is 3. The van der Waals surface area contributed by atoms with Gasteiger partial charge in [-0.3, -0.25) is 15.1 Å². The molecule has 29 heavy (non-hydrogen) atoms. The van der Waals surface area contributed by atoms with Crippen LogP contribution < -0.4 is 20.6 Å². The van der Waals surface area contributed by atoms with Crippen molar-refractivity contribution in [3.63, 3.8) is 0 Å². The first-order valence-electron chi connectivity index (χ1n) is 9.45. The molecule has 0 fully saturated rings. The van der Waals surface area contributed by atoms with E-state index in [2.05, 4.69) is 11.9 Å². The molecule has 6 nitrogen and oxygen atoms in total. The first-order chi connectivity index (χ1) is 14.1. The number of hydrazone groups is 1. The molecular formula is C22H22N4O2S. The van der Waals surface area contributed by atoms with E-state index in [0.29, 0.717) is 23.2 Å². The molecule has 0 saturated heterocycles. The number of aryl methyl sites for hydroxylation is 1. The fourth-order valence-electron chi connectivity index (χ4n) is 3.40. The van der Waals surface area contributed by atoms with Crippen LogP contribution in [0.2, 0.25) is 0 Å². The second-order valence-corrected chi connectivity index (χ2v) is 7.64. The Kier molecular flexibility index (Phi) is 5.40. The van der Waals surface area contributed by atoms with Crippen molar-refractivity contribution < 1.29 is 9.53 Å². The zero-order chi connectivity index (χ0) is 20.4. The predicted octanol–water partition coefficient (Wildman–Crippen LogP) is 2.46. The van der Waals surface area contributed by atoms with Gasteiger partial charge in [0.2, 0.25) is 0 Å². The third kappa shape index (κ3) is 3.65. The van der Waals surface area contributed by atoms with Crippen LogP contribution in [0, 0.1) is 6.92 Å². The minimum Gasteiger partial charge on any atom is -0.494 e. The zero-order valence-electron chi connectivity index (χ0n) is 16.4. The molecule has 0 radical (unpaired) electrons. The van der Waals surface area contributed by atoms with Gasteiger partial charge in [-0.2, -0.15) is 0 Å². The highest BCUT2D eigenvalue weighted by Gasteiger charge is 2.34. The molecule has 0 aliphatic carbocycles. The van der Waals surface area contributed by atoms with Gasteiger partial charge in [0.15, 0.2) is 11.3 Å². The number of carbonyl (C=O) groups is 1. The number of benzene rings is 2. The Hall–Kier alpha value is -3.06. The average molecular weight is 407 g/mol. The maximum atomic E-state index is 13.0. The quantitative estimate of drug-likeness (QED) is 0.775. The van der Waals surface area contributed by atoms with Crippen molar-refractivity contribution in [3.05, 3.63) is 76.8 Å². The topological polar surface area (TPSA) is 66.3 Å². The molecule has 4 rings (SSSR count). The molecule has 7 heteroatoms. The van der Waals surface area contributed by atoms with Crippen LogP contribution >= 0.6 is 11.8 Å². The molecule has 0 spiro atoms. The van der Waals surface area contributed by atoms with Crippen LogP contribution in [-0.2, 0) is 4.79 Å². The minimum atomic E-state index is -0.431. The standard InChI is InChI=1S/C22H22N4O2S/c1-4-12-29-22-24-21(27)19-16-8-6-7-9-17(16)23-20(26(19)25-22)15-10-11-18(28-5-2)14(3)13-15/h4,6-11,13,20H,1,5,12H2,2-3H3,(H,24,25,27)/t20-/m1/s1. The lowest BCUT2D eigenvalue weighted by atomic mass is 10.1. The molecule has 2 aliphatic rings. The summed E-state index contributed by atoms with van der Waals surface area (Å²) in [4.78, 5) is 17.9. The van der Waals surface area contributed by atoms with Gasteiger partial charge in [0, 0.05) is 11.0 Å². The summed E-state index contributed by atoms with van der Waals surface area (Å²) in [5, 5.41) is 11.4. The second-order valence-electron chi connectivity index (χ2n) is 6.63. The number of para-hydroxylation sites is 1. The van der Waals surface area contributed by atoms with Crippen molar-refractivity contribution in [3.8, 4) is 5.75 Å². The van der Waals surface area contributed by atoms with Crippen molar-refractivity contribution in [1.82, 2.24) is 10.3 Å². The first kappa shape index (κ1) is 19.3. The summed E-state index contributed by atoms with van der Waals surface area (Å²) in [5.41, 5.74) is 2.48. The van der Waals surface area contributed by atoms with Crippen LogP contribution in [0.25, 0.3) is 5.70 Å². The van der Waals surface area contributed by atoms with Gasteiger partial charge in [0.05, 0.1) is 12.0 Å². The smallest absolute Gasteiger partial charge is 0.276 e. The summed E-state index contributed by atoms with van der Waals surface area (Å²) in [6.07, 6.45) is 1.35. The zero-order valence-corrected chi connectivity index (χ0v) is 17.2. The van der Waals surface area contributed by atoms with E-state index in [0.717, 1.165) is 27.5 Å². The van der Waals surface area contributed by atoms with Crippen LogP contribution in [-0.4, -0.2) is 28.4 Å². The van der Waals surface area contributed by atoms with Gasteiger partial charge in [-0.15, -0.1) is 11.7 Å². The fraction of sp³-hybridized carbons (Fsp3) is 0.227. The Morgan fingerprint density at radius 2 is 2.14 bits per heavy atom. The van der Waals surface area contributed by atoms with Gasteiger partial charge in [-0.05, 0) is 43.2 Å². The number of ether oxygens (including phenoxy) is 1. The van der Waals surface area contributed by atoms with Gasteiger partial charge < -0.3 is 4.74 Å². The summed E-state index contributed by atoms with van der Waals surface area (Å²) in [6, 6.07) is 13.6. The van der Waals surface area contributed by atoms with E-state index in [9.17, 15) is 4.79 Å². The van der Waals surface area contributed by atoms with Crippen LogP contribution in [0.4, 0.5) is 0 Å². The van der Waals surface area contributed by atoms with Gasteiger partial charge >= 0.3 is 0 Å². The maximum absolute atomic E-state index is 13.0. The van der Waals surface area contributed by atoms with Crippen molar-refractivity contribution in [2.75, 3.05) is 12.4 Å². The molecule has 2 aromatic carbocycles. The van der Waals surface area contributed by atoms with E-state index < -0.39 is 6.17 Å². The third-order valence-electron chi connectivity index (χ3n) is 4.65. The maximum Gasteiger partial charge on any atom is 0.276 e. The molecule has 2 heterocycles. The second kappa shape index (κ2) is 8.13. The monoisotopic (exact) mass is 406 g/mol. The Morgan fingerprint density at radius 3 is 2.90 bits per heavy atom. The largest absolute Gasteiger partial charge is 0.494 e. The number of thioether (sulfide) groups is 1. The lowest BCUT2D eigenvalue weighted by molar-refractivity contribution is -0.116. The molecular weight excluding hydrogens is 384 g/mol. The van der Waals surface area contributed by atoms with Crippen molar-refractivity contribution >= 4 is 28.5 Å². The highest BCUT2D eigenvalue weighted by molar-refractivity contribution is 8.14. The summed E-state index contributed by atoms with van der Waals surface area (Å²) < 4.78 is 5.67. The predicted molar refractivity (Wildman–Crippen MR) is 116 cm³/mol. The normalized spacial score (nSPS) is 17.5. The minimum absolute atomic E-state index is 0.179. The van der Waals surface area contributed by atoms with E-state index in [-0.39, 0.29) is 5.91 Å². The van der Waals surface area contributed by atoms with Crippen molar-refractivity contribution in [2.24, 2.45) is 10.1 Å².